The Morgan fingerprint density at radius 1 is 0.800 bits per heavy atom. The van der Waals surface area contributed by atoms with Crippen molar-refractivity contribution in [2.45, 2.75) is 44.6 Å². The van der Waals surface area contributed by atoms with Crippen molar-refractivity contribution in [3.63, 3.8) is 0 Å². The predicted molar refractivity (Wildman–Crippen MR) is 85.2 cm³/mol. The molecule has 0 saturated heterocycles. The molecule has 0 atom stereocenters. The van der Waals surface area contributed by atoms with Gasteiger partial charge in [0.05, 0.1) is 0 Å². The average Bonchev–Trinajstić information content (AvgIpc) is 2.86. The first-order valence-corrected chi connectivity index (χ1v) is 7.88. The van der Waals surface area contributed by atoms with Crippen LogP contribution in [-0.2, 0) is 6.42 Å². The monoisotopic (exact) mass is 263 g/mol. The lowest BCUT2D eigenvalue weighted by atomic mass is 9.95. The van der Waals surface area contributed by atoms with Crippen molar-refractivity contribution in [1.82, 2.24) is 0 Å². The predicted octanol–water partition coefficient (Wildman–Crippen LogP) is 5.00. The molecule has 0 spiro atoms. The summed E-state index contributed by atoms with van der Waals surface area (Å²) in [5.41, 5.74) is 7.11. The molecule has 4 rings (SSSR count). The molecule has 1 saturated carbocycles. The molecule has 102 valence electrons. The number of benzene rings is 2. The molecule has 2 aromatic carbocycles. The molecule has 0 aromatic heterocycles. The van der Waals surface area contributed by atoms with Gasteiger partial charge in [-0.25, -0.2) is 0 Å². The lowest BCUT2D eigenvalue weighted by Crippen LogP contribution is -2.22. The molecule has 20 heavy (non-hydrogen) atoms. The summed E-state index contributed by atoms with van der Waals surface area (Å²) in [6, 6.07) is 16.4. The zero-order chi connectivity index (χ0) is 13.4. The summed E-state index contributed by atoms with van der Waals surface area (Å²) in [5, 5.41) is 3.74. The number of fused-ring (bicyclic) bond motifs is 3. The van der Waals surface area contributed by atoms with E-state index in [1.165, 1.54) is 60.0 Å². The van der Waals surface area contributed by atoms with E-state index in [2.05, 4.69) is 47.8 Å². The molecule has 1 heteroatoms. The van der Waals surface area contributed by atoms with Crippen LogP contribution in [0.4, 0.5) is 5.69 Å². The Hall–Kier alpha value is -1.76. The van der Waals surface area contributed by atoms with Gasteiger partial charge in [0.15, 0.2) is 0 Å². The van der Waals surface area contributed by atoms with Crippen LogP contribution >= 0.6 is 0 Å². The number of hydrogen-bond donors (Lipinski definition) is 1. The van der Waals surface area contributed by atoms with Crippen molar-refractivity contribution in [3.8, 4) is 11.1 Å². The number of hydrogen-bond acceptors (Lipinski definition) is 1. The van der Waals surface area contributed by atoms with Crippen LogP contribution in [0.3, 0.4) is 0 Å². The third-order valence-electron chi connectivity index (χ3n) is 4.77. The minimum atomic E-state index is 0.686. The van der Waals surface area contributed by atoms with E-state index in [0.29, 0.717) is 6.04 Å². The number of nitrogens with one attached hydrogen (secondary N) is 1. The zero-order valence-corrected chi connectivity index (χ0v) is 11.9. The maximum absolute atomic E-state index is 3.74. The van der Waals surface area contributed by atoms with Crippen molar-refractivity contribution < 1.29 is 0 Å². The normalized spacial score (nSPS) is 17.6. The minimum absolute atomic E-state index is 0.686. The molecular weight excluding hydrogens is 242 g/mol. The summed E-state index contributed by atoms with van der Waals surface area (Å²) in [5.74, 6) is 0. The highest BCUT2D eigenvalue weighted by Gasteiger charge is 2.19. The van der Waals surface area contributed by atoms with Crippen molar-refractivity contribution in [1.29, 1.82) is 0 Å². The molecule has 1 fully saturated rings. The molecule has 1 N–H and O–H groups in total. The lowest BCUT2D eigenvalue weighted by molar-refractivity contribution is 0.463. The van der Waals surface area contributed by atoms with Crippen LogP contribution in [0, 0.1) is 0 Å². The number of rotatable bonds is 2. The van der Waals surface area contributed by atoms with Gasteiger partial charge >= 0.3 is 0 Å². The zero-order valence-electron chi connectivity index (χ0n) is 11.9. The van der Waals surface area contributed by atoms with E-state index in [9.17, 15) is 0 Å². The van der Waals surface area contributed by atoms with Crippen LogP contribution in [0.5, 0.6) is 0 Å². The summed E-state index contributed by atoms with van der Waals surface area (Å²) in [4.78, 5) is 0. The quantitative estimate of drug-likeness (QED) is 0.686. The second kappa shape index (κ2) is 4.97. The fourth-order valence-electron chi connectivity index (χ4n) is 3.72. The maximum Gasteiger partial charge on any atom is 0.0345 e. The Morgan fingerprint density at radius 3 is 2.50 bits per heavy atom. The highest BCUT2D eigenvalue weighted by molar-refractivity contribution is 5.78. The molecular formula is C19H21N. The first-order valence-electron chi connectivity index (χ1n) is 7.88. The molecule has 2 aliphatic rings. The van der Waals surface area contributed by atoms with Crippen molar-refractivity contribution >= 4 is 5.69 Å². The van der Waals surface area contributed by atoms with Crippen LogP contribution in [0.2, 0.25) is 0 Å². The van der Waals surface area contributed by atoms with E-state index in [0.717, 1.165) is 6.42 Å². The van der Waals surface area contributed by atoms with Gasteiger partial charge < -0.3 is 5.32 Å². The summed E-state index contributed by atoms with van der Waals surface area (Å²) in [6.45, 7) is 0. The number of anilines is 1. The molecule has 0 heterocycles. The summed E-state index contributed by atoms with van der Waals surface area (Å²) < 4.78 is 0. The average molecular weight is 263 g/mol. The topological polar surface area (TPSA) is 12.0 Å². The van der Waals surface area contributed by atoms with E-state index < -0.39 is 0 Å². The van der Waals surface area contributed by atoms with Gasteiger partial charge in [0.1, 0.15) is 0 Å². The fraction of sp³-hybridized carbons (Fsp3) is 0.368. The smallest absolute Gasteiger partial charge is 0.0345 e. The highest BCUT2D eigenvalue weighted by atomic mass is 14.9. The van der Waals surface area contributed by atoms with E-state index in [4.69, 9.17) is 0 Å². The van der Waals surface area contributed by atoms with E-state index in [1.807, 2.05) is 0 Å². The minimum Gasteiger partial charge on any atom is -0.382 e. The molecule has 2 aromatic rings. The third kappa shape index (κ3) is 2.11. The van der Waals surface area contributed by atoms with Gasteiger partial charge in [-0.1, -0.05) is 49.6 Å². The van der Waals surface area contributed by atoms with Gasteiger partial charge in [-0.3, -0.25) is 0 Å². The van der Waals surface area contributed by atoms with Gasteiger partial charge in [-0.15, -0.1) is 0 Å². The van der Waals surface area contributed by atoms with Crippen LogP contribution in [0.15, 0.2) is 42.5 Å². The largest absolute Gasteiger partial charge is 0.382 e. The van der Waals surface area contributed by atoms with E-state index in [1.54, 1.807) is 0 Å². The molecule has 2 aliphatic carbocycles. The summed E-state index contributed by atoms with van der Waals surface area (Å²) in [7, 11) is 0. The summed E-state index contributed by atoms with van der Waals surface area (Å²) >= 11 is 0. The fourth-order valence-corrected chi connectivity index (χ4v) is 3.72. The summed E-state index contributed by atoms with van der Waals surface area (Å²) in [6.07, 6.45) is 7.93. The Bertz CT molecular complexity index is 623. The van der Waals surface area contributed by atoms with Gasteiger partial charge in [0.2, 0.25) is 0 Å². The first kappa shape index (κ1) is 12.0. The lowest BCUT2D eigenvalue weighted by Gasteiger charge is -2.24. The van der Waals surface area contributed by atoms with Gasteiger partial charge in [0.25, 0.3) is 0 Å². The molecule has 0 aliphatic heterocycles. The van der Waals surface area contributed by atoms with Gasteiger partial charge in [-0.05, 0) is 53.6 Å². The van der Waals surface area contributed by atoms with Crippen molar-refractivity contribution in [3.05, 3.63) is 53.6 Å². The first-order chi connectivity index (χ1) is 9.90. The second-order valence-electron chi connectivity index (χ2n) is 6.19. The molecule has 0 bridgehead atoms. The van der Waals surface area contributed by atoms with Gasteiger partial charge in [-0.2, -0.15) is 0 Å². The molecule has 0 unspecified atom stereocenters. The maximum atomic E-state index is 3.74. The van der Waals surface area contributed by atoms with Crippen molar-refractivity contribution in [2.75, 3.05) is 5.32 Å². The van der Waals surface area contributed by atoms with Crippen molar-refractivity contribution in [2.24, 2.45) is 0 Å². The Kier molecular flexibility index (Phi) is 2.99. The molecule has 0 radical (unpaired) electrons. The van der Waals surface area contributed by atoms with Crippen LogP contribution in [0.25, 0.3) is 11.1 Å². The van der Waals surface area contributed by atoms with Crippen LogP contribution in [0.1, 0.15) is 43.2 Å². The van der Waals surface area contributed by atoms with Crippen LogP contribution in [-0.4, -0.2) is 6.04 Å². The Balaban J connectivity index is 1.58. The van der Waals surface area contributed by atoms with E-state index in [-0.39, 0.29) is 0 Å². The Labute approximate surface area is 121 Å². The third-order valence-corrected chi connectivity index (χ3v) is 4.77. The Morgan fingerprint density at radius 2 is 1.60 bits per heavy atom. The van der Waals surface area contributed by atoms with E-state index >= 15 is 0 Å². The standard InChI is InChI=1S/C19H21N/c1-2-7-16(8-3-1)20-17-10-11-19-15(13-17)12-14-6-4-5-9-18(14)19/h4-6,9-11,13,16,20H,1-3,7-8,12H2. The SMILES string of the molecule is c1ccc2c(c1)Cc1cc(NC3CCCCC3)ccc1-2. The second-order valence-corrected chi connectivity index (χ2v) is 6.19. The highest BCUT2D eigenvalue weighted by Crippen LogP contribution is 2.37. The molecule has 1 nitrogen and oxygen atoms in total. The van der Waals surface area contributed by atoms with Crippen LogP contribution < -0.4 is 5.32 Å². The van der Waals surface area contributed by atoms with Gasteiger partial charge in [0, 0.05) is 11.7 Å². The molecule has 0 amide bonds.